The van der Waals surface area contributed by atoms with Crippen molar-refractivity contribution < 1.29 is 22.7 Å². The van der Waals surface area contributed by atoms with Crippen LogP contribution in [0.3, 0.4) is 0 Å². The van der Waals surface area contributed by atoms with E-state index in [0.29, 0.717) is 16.5 Å². The molecule has 2 aromatic carbocycles. The number of ether oxygens (including phenoxy) is 1. The summed E-state index contributed by atoms with van der Waals surface area (Å²) >= 11 is 0. The highest BCUT2D eigenvalue weighted by molar-refractivity contribution is 7.90. The normalized spacial score (nSPS) is 10.3. The molecule has 0 radical (unpaired) electrons. The number of hydrogen-bond donors (Lipinski definition) is 1. The highest BCUT2D eigenvalue weighted by Gasteiger charge is 2.07. The first kappa shape index (κ1) is 18.1. The third-order valence-electron chi connectivity index (χ3n) is 3.07. The van der Waals surface area contributed by atoms with Gasteiger partial charge in [-0.05, 0) is 35.4 Å². The molecule has 0 saturated heterocycles. The molecule has 0 amide bonds. The molecule has 3 rings (SSSR count). The Morgan fingerprint density at radius 2 is 1.72 bits per heavy atom. The van der Waals surface area contributed by atoms with Crippen molar-refractivity contribution in [2.45, 2.75) is 4.90 Å². The Labute approximate surface area is 143 Å². The summed E-state index contributed by atoms with van der Waals surface area (Å²) in [5, 5.41) is 9.98. The summed E-state index contributed by atoms with van der Waals surface area (Å²) in [7, 11) is -3.19. The van der Waals surface area contributed by atoms with Crippen molar-refractivity contribution in [2.24, 2.45) is 0 Å². The van der Waals surface area contributed by atoms with Crippen LogP contribution in [0.4, 0.5) is 0 Å². The molecule has 8 nitrogen and oxygen atoms in total. The number of hydrogen-bond acceptors (Lipinski definition) is 7. The molecule has 0 unspecified atom stereocenters. The molecule has 0 spiro atoms. The molecule has 0 aliphatic carbocycles. The molecule has 1 heterocycles. The fourth-order valence-electron chi connectivity index (χ4n) is 1.99. The number of H-pyrrole nitrogens is 1. The highest BCUT2D eigenvalue weighted by atomic mass is 32.2. The van der Waals surface area contributed by atoms with E-state index in [-0.39, 0.29) is 6.15 Å². The molecule has 0 saturated carbocycles. The highest BCUT2D eigenvalue weighted by Crippen LogP contribution is 2.27. The van der Waals surface area contributed by atoms with Gasteiger partial charge in [-0.25, -0.2) is 8.42 Å². The average Bonchev–Trinajstić information content (AvgIpc) is 3.08. The molecule has 128 valence electrons. The van der Waals surface area contributed by atoms with Gasteiger partial charge in [0.25, 0.3) is 5.88 Å². The quantitative estimate of drug-likeness (QED) is 0.757. The summed E-state index contributed by atoms with van der Waals surface area (Å²) in [4.78, 5) is 16.5. The minimum absolute atomic E-state index is 0.250. The molecule has 3 aromatic rings. The largest absolute Gasteiger partial charge is 0.436 e. The number of carbonyl (C=O) groups excluding carboxylic acids is 2. The van der Waals surface area contributed by atoms with Gasteiger partial charge in [-0.15, -0.1) is 5.10 Å². The molecule has 0 bridgehead atoms. The second-order valence-electron chi connectivity index (χ2n) is 4.82. The summed E-state index contributed by atoms with van der Waals surface area (Å²) in [5.74, 6) is 1.00. The van der Waals surface area contributed by atoms with Gasteiger partial charge in [-0.3, -0.25) is 0 Å². The van der Waals surface area contributed by atoms with Gasteiger partial charge in [-0.2, -0.15) is 19.9 Å². The fraction of sp³-hybridized carbons (Fsp3) is 0.0625. The van der Waals surface area contributed by atoms with E-state index in [1.165, 1.54) is 12.5 Å². The van der Waals surface area contributed by atoms with Gasteiger partial charge in [0.2, 0.25) is 0 Å². The minimum Gasteiger partial charge on any atom is -0.436 e. The monoisotopic (exact) mass is 359 g/mol. The summed E-state index contributed by atoms with van der Waals surface area (Å²) < 4.78 is 28.5. The first-order chi connectivity index (χ1) is 11.9. The minimum atomic E-state index is -3.19. The van der Waals surface area contributed by atoms with E-state index in [9.17, 15) is 8.42 Å². The van der Waals surface area contributed by atoms with Crippen LogP contribution < -0.4 is 4.74 Å². The number of nitrogens with one attached hydrogen (secondary N) is 1. The van der Waals surface area contributed by atoms with E-state index in [1.807, 2.05) is 24.3 Å². The van der Waals surface area contributed by atoms with Gasteiger partial charge in [0.1, 0.15) is 11.9 Å². The second-order valence-corrected chi connectivity index (χ2v) is 6.83. The van der Waals surface area contributed by atoms with Crippen molar-refractivity contribution in [2.75, 3.05) is 6.26 Å². The van der Waals surface area contributed by atoms with Crippen molar-refractivity contribution in [3.8, 4) is 22.8 Å². The Morgan fingerprint density at radius 1 is 1.04 bits per heavy atom. The topological polar surface area (TPSA) is 119 Å². The molecule has 9 heteroatoms. The van der Waals surface area contributed by atoms with Gasteiger partial charge in [0.15, 0.2) is 9.84 Å². The van der Waals surface area contributed by atoms with Crippen LogP contribution in [0.2, 0.25) is 0 Å². The summed E-state index contributed by atoms with van der Waals surface area (Å²) in [5.41, 5.74) is 1.82. The van der Waals surface area contributed by atoms with E-state index >= 15 is 0 Å². The van der Waals surface area contributed by atoms with Crippen LogP contribution in [0, 0.1) is 0 Å². The van der Waals surface area contributed by atoms with E-state index < -0.39 is 9.84 Å². The zero-order chi connectivity index (χ0) is 18.3. The third-order valence-corrected chi connectivity index (χ3v) is 4.19. The third kappa shape index (κ3) is 5.10. The van der Waals surface area contributed by atoms with E-state index in [0.717, 1.165) is 11.1 Å². The Bertz CT molecular complexity index is 961. The van der Waals surface area contributed by atoms with Crippen molar-refractivity contribution in [3.63, 3.8) is 0 Å². The van der Waals surface area contributed by atoms with Gasteiger partial charge in [0.05, 0.1) is 4.90 Å². The number of aromatic amines is 1. The summed E-state index contributed by atoms with van der Waals surface area (Å²) in [6.07, 6.45) is 2.92. The standard InChI is InChI=1S/C15H13N3O3S.CO2/c1-22(19,20)14-7-5-11(6-8-14)12-3-2-4-13(9-12)21-15-10-16-18-17-15;2-1-3/h2-10H,1H3,(H,16,17,18);. The van der Waals surface area contributed by atoms with E-state index in [2.05, 4.69) is 15.4 Å². The lowest BCUT2D eigenvalue weighted by atomic mass is 10.1. The van der Waals surface area contributed by atoms with Gasteiger partial charge in [0, 0.05) is 6.26 Å². The maximum absolute atomic E-state index is 11.5. The average molecular weight is 359 g/mol. The number of aromatic nitrogens is 3. The van der Waals surface area contributed by atoms with Crippen molar-refractivity contribution in [3.05, 3.63) is 54.7 Å². The van der Waals surface area contributed by atoms with Crippen LogP contribution in [0.15, 0.2) is 59.6 Å². The van der Waals surface area contributed by atoms with E-state index in [1.54, 1.807) is 24.3 Å². The van der Waals surface area contributed by atoms with Crippen LogP contribution in [-0.2, 0) is 19.4 Å². The number of rotatable bonds is 4. The molecule has 0 aliphatic rings. The van der Waals surface area contributed by atoms with Crippen LogP contribution >= 0.6 is 0 Å². The first-order valence-corrected chi connectivity index (χ1v) is 8.76. The molecule has 1 N–H and O–H groups in total. The Kier molecular flexibility index (Phi) is 5.78. The van der Waals surface area contributed by atoms with Crippen LogP contribution in [-0.4, -0.2) is 36.2 Å². The fourth-order valence-corrected chi connectivity index (χ4v) is 2.63. The number of benzene rings is 2. The van der Waals surface area contributed by atoms with E-state index in [4.69, 9.17) is 14.3 Å². The molecular formula is C16H13N3O5S. The summed E-state index contributed by atoms with van der Waals surface area (Å²) in [6.45, 7) is 0. The zero-order valence-corrected chi connectivity index (χ0v) is 13.9. The van der Waals surface area contributed by atoms with Gasteiger partial charge < -0.3 is 4.74 Å². The number of nitrogens with zero attached hydrogens (tertiary/aromatic N) is 2. The van der Waals surface area contributed by atoms with Gasteiger partial charge in [-0.1, -0.05) is 24.3 Å². The van der Waals surface area contributed by atoms with Crippen LogP contribution in [0.25, 0.3) is 11.1 Å². The van der Waals surface area contributed by atoms with Crippen LogP contribution in [0.1, 0.15) is 0 Å². The zero-order valence-electron chi connectivity index (χ0n) is 13.0. The molecule has 0 atom stereocenters. The lowest BCUT2D eigenvalue weighted by Gasteiger charge is -2.06. The van der Waals surface area contributed by atoms with Crippen LogP contribution in [0.5, 0.6) is 11.6 Å². The Hall–Kier alpha value is -3.29. The SMILES string of the molecule is CS(=O)(=O)c1ccc(-c2cccc(Oc3cn[nH]n3)c2)cc1.O=C=O. The van der Waals surface area contributed by atoms with Gasteiger partial charge >= 0.3 is 6.15 Å². The molecule has 25 heavy (non-hydrogen) atoms. The smallest absolute Gasteiger partial charge is 0.373 e. The predicted molar refractivity (Wildman–Crippen MR) is 86.5 cm³/mol. The Morgan fingerprint density at radius 3 is 2.28 bits per heavy atom. The van der Waals surface area contributed by atoms with Crippen molar-refractivity contribution >= 4 is 16.0 Å². The van der Waals surface area contributed by atoms with Crippen molar-refractivity contribution in [1.82, 2.24) is 15.4 Å². The Balaban J connectivity index is 0.000000701. The molecule has 1 aromatic heterocycles. The number of sulfone groups is 1. The lowest BCUT2D eigenvalue weighted by molar-refractivity contribution is -0.191. The first-order valence-electron chi connectivity index (χ1n) is 6.87. The summed E-state index contributed by atoms with van der Waals surface area (Å²) in [6, 6.07) is 14.2. The molecule has 0 fully saturated rings. The van der Waals surface area contributed by atoms with Crippen molar-refractivity contribution in [1.29, 1.82) is 0 Å². The lowest BCUT2D eigenvalue weighted by Crippen LogP contribution is -1.96. The maximum atomic E-state index is 11.5. The molecular weight excluding hydrogens is 346 g/mol. The maximum Gasteiger partial charge on any atom is 0.373 e. The predicted octanol–water partition coefficient (Wildman–Crippen LogP) is 2.08. The molecule has 0 aliphatic heterocycles. The second kappa shape index (κ2) is 8.00.